The van der Waals surface area contributed by atoms with Crippen molar-refractivity contribution in [3.63, 3.8) is 0 Å². The van der Waals surface area contributed by atoms with E-state index in [1.807, 2.05) is 19.1 Å². The summed E-state index contributed by atoms with van der Waals surface area (Å²) < 4.78 is 34.1. The minimum absolute atomic E-state index is 0.102. The Bertz CT molecular complexity index is 1070. The summed E-state index contributed by atoms with van der Waals surface area (Å²) in [6.45, 7) is 14.4. The zero-order chi connectivity index (χ0) is 27.3. The Kier molecular flexibility index (Phi) is 10.4. The quantitative estimate of drug-likeness (QED) is 0.162. The molecule has 6 heteroatoms. The number of rotatable bonds is 13. The third-order valence-corrected chi connectivity index (χ3v) is 27.0. The average molecular weight is 634 g/mol. The summed E-state index contributed by atoms with van der Waals surface area (Å²) >= 11 is -2.60. The fraction of sp³-hybridized carbons (Fsp3) is 0.710. The second kappa shape index (κ2) is 12.6. The van der Waals surface area contributed by atoms with Crippen LogP contribution in [0.3, 0.4) is 0 Å². The first-order chi connectivity index (χ1) is 17.5. The molecular formula is C31H50N2O2SSn. The number of nitrogens with zero attached hydrogens (tertiary/aromatic N) is 2. The number of unbranched alkanes of at least 4 members (excludes halogenated alkanes) is 3. The predicted molar refractivity (Wildman–Crippen MR) is 158 cm³/mol. The van der Waals surface area contributed by atoms with Gasteiger partial charge in [0.05, 0.1) is 0 Å². The van der Waals surface area contributed by atoms with Gasteiger partial charge in [0.1, 0.15) is 0 Å². The van der Waals surface area contributed by atoms with Crippen molar-refractivity contribution < 1.29 is 8.42 Å². The Morgan fingerprint density at radius 3 is 2.03 bits per heavy atom. The van der Waals surface area contributed by atoms with Gasteiger partial charge < -0.3 is 0 Å². The first-order valence-corrected chi connectivity index (χ1v) is 24.2. The van der Waals surface area contributed by atoms with Crippen LogP contribution in [0.2, 0.25) is 17.7 Å². The zero-order valence-corrected chi connectivity index (χ0v) is 27.9. The van der Waals surface area contributed by atoms with Crippen LogP contribution in [0, 0.1) is 35.0 Å². The van der Waals surface area contributed by atoms with Gasteiger partial charge in [0.2, 0.25) is 0 Å². The van der Waals surface area contributed by atoms with Gasteiger partial charge in [-0.2, -0.15) is 0 Å². The first kappa shape index (κ1) is 30.7. The van der Waals surface area contributed by atoms with Crippen LogP contribution in [0.25, 0.3) is 0 Å². The molecule has 2 unspecified atom stereocenters. The van der Waals surface area contributed by atoms with Crippen LogP contribution in [0.4, 0.5) is 0 Å². The van der Waals surface area contributed by atoms with E-state index in [9.17, 15) is 13.7 Å². The van der Waals surface area contributed by atoms with Gasteiger partial charge in [0, 0.05) is 0 Å². The molecule has 0 aromatic heterocycles. The summed E-state index contributed by atoms with van der Waals surface area (Å²) in [6, 6.07) is 10.1. The number of allylic oxidation sites excluding steroid dienone is 1. The van der Waals surface area contributed by atoms with E-state index in [0.29, 0.717) is 18.0 Å². The van der Waals surface area contributed by atoms with Gasteiger partial charge in [-0.3, -0.25) is 0 Å². The summed E-state index contributed by atoms with van der Waals surface area (Å²) in [5.41, 5.74) is 1.70. The Hall–Kier alpha value is -0.841. The molecule has 1 saturated heterocycles. The first-order valence-electron chi connectivity index (χ1n) is 14.7. The molecule has 2 aliphatic rings. The van der Waals surface area contributed by atoms with E-state index in [1.165, 1.54) is 57.4 Å². The summed E-state index contributed by atoms with van der Waals surface area (Å²) in [4.78, 5) is 0.371. The maximum absolute atomic E-state index is 13.6. The molecule has 1 heterocycles. The summed E-state index contributed by atoms with van der Waals surface area (Å²) in [5, 5.41) is 10.8. The van der Waals surface area contributed by atoms with Gasteiger partial charge in [-0.25, -0.2) is 0 Å². The van der Waals surface area contributed by atoms with Gasteiger partial charge in [-0.05, 0) is 0 Å². The number of nitriles is 1. The van der Waals surface area contributed by atoms with E-state index in [1.54, 1.807) is 16.4 Å². The van der Waals surface area contributed by atoms with Crippen molar-refractivity contribution in [2.75, 3.05) is 13.1 Å². The standard InChI is InChI=1S/C19H23N2O2S.3C4H9.Sn/c1-14-5-7-16(8-6-14)24(22,23)21-10-15-9-19(4,13-20)12-18(2,3)17(15)11-21;3*1-3-4-2;/h5-9,17H,4,10-12H2,1-3H3;3*1,3-4H2,2H3;. The molecule has 1 aliphatic heterocycles. The number of fused-ring (bicyclic) bond motifs is 1. The molecule has 1 fully saturated rings. The van der Waals surface area contributed by atoms with Gasteiger partial charge in [0.25, 0.3) is 0 Å². The molecule has 0 amide bonds. The summed E-state index contributed by atoms with van der Waals surface area (Å²) in [6.07, 6.45) is 10.8. The molecule has 0 radical (unpaired) electrons. The van der Waals surface area contributed by atoms with Crippen LogP contribution in [0.15, 0.2) is 40.8 Å². The Labute approximate surface area is 231 Å². The van der Waals surface area contributed by atoms with Gasteiger partial charge in [-0.1, -0.05) is 0 Å². The molecule has 2 atom stereocenters. The number of benzene rings is 1. The molecule has 0 bridgehead atoms. The van der Waals surface area contributed by atoms with E-state index in [0.717, 1.165) is 16.4 Å². The monoisotopic (exact) mass is 634 g/mol. The molecule has 1 aromatic rings. The normalized spacial score (nSPS) is 23.9. The molecule has 0 N–H and O–H groups in total. The van der Waals surface area contributed by atoms with Crippen LogP contribution in [0.1, 0.15) is 85.1 Å². The van der Waals surface area contributed by atoms with Gasteiger partial charge in [0.15, 0.2) is 0 Å². The second-order valence-corrected chi connectivity index (χ2v) is 28.6. The van der Waals surface area contributed by atoms with Crippen molar-refractivity contribution in [2.45, 2.75) is 109 Å². The average Bonchev–Trinajstić information content (AvgIpc) is 3.31. The van der Waals surface area contributed by atoms with E-state index < -0.39 is 33.8 Å². The molecule has 37 heavy (non-hydrogen) atoms. The van der Waals surface area contributed by atoms with Crippen molar-refractivity contribution in [3.05, 3.63) is 41.5 Å². The SMILES string of the molecule is CCC[CH2][Sn]([CH2]CCC)([CH2]CCC)[CH2]C1(C#N)C=C2CN(S(=O)(=O)c3ccc(C)cc3)CC2C(C)(C)C1. The molecule has 4 nitrogen and oxygen atoms in total. The van der Waals surface area contributed by atoms with E-state index in [-0.39, 0.29) is 11.3 Å². The minimum atomic E-state index is -3.56. The fourth-order valence-electron chi connectivity index (χ4n) is 7.17. The van der Waals surface area contributed by atoms with E-state index in [4.69, 9.17) is 0 Å². The van der Waals surface area contributed by atoms with Crippen molar-refractivity contribution in [3.8, 4) is 6.07 Å². The number of hydrogen-bond donors (Lipinski definition) is 0. The van der Waals surface area contributed by atoms with Crippen molar-refractivity contribution in [1.82, 2.24) is 4.31 Å². The van der Waals surface area contributed by atoms with Crippen LogP contribution in [0.5, 0.6) is 0 Å². The molecule has 0 spiro atoms. The fourth-order valence-corrected chi connectivity index (χ4v) is 26.4. The van der Waals surface area contributed by atoms with E-state index >= 15 is 0 Å². The molecule has 1 aromatic carbocycles. The number of aryl methyl sites for hydroxylation is 1. The Morgan fingerprint density at radius 2 is 1.54 bits per heavy atom. The van der Waals surface area contributed by atoms with Gasteiger partial charge in [-0.15, -0.1) is 0 Å². The van der Waals surface area contributed by atoms with Gasteiger partial charge >= 0.3 is 233 Å². The molecular weight excluding hydrogens is 583 g/mol. The Balaban J connectivity index is 1.98. The molecule has 0 saturated carbocycles. The molecule has 206 valence electrons. The van der Waals surface area contributed by atoms with Crippen LogP contribution in [-0.2, 0) is 10.0 Å². The van der Waals surface area contributed by atoms with Crippen molar-refractivity contribution >= 4 is 28.4 Å². The summed E-state index contributed by atoms with van der Waals surface area (Å²) in [7, 11) is -3.56. The number of sulfonamides is 1. The van der Waals surface area contributed by atoms with E-state index in [2.05, 4.69) is 46.8 Å². The van der Waals surface area contributed by atoms with Crippen LogP contribution >= 0.6 is 0 Å². The Morgan fingerprint density at radius 1 is 1.00 bits per heavy atom. The maximum atomic E-state index is 13.6. The van der Waals surface area contributed by atoms with Crippen molar-refractivity contribution in [2.24, 2.45) is 16.7 Å². The van der Waals surface area contributed by atoms with Crippen LogP contribution < -0.4 is 0 Å². The number of hydrogen-bond acceptors (Lipinski definition) is 3. The van der Waals surface area contributed by atoms with Crippen LogP contribution in [-0.4, -0.2) is 44.2 Å². The molecule has 1 aliphatic carbocycles. The predicted octanol–water partition coefficient (Wildman–Crippen LogP) is 8.33. The zero-order valence-electron chi connectivity index (χ0n) is 24.3. The molecule has 3 rings (SSSR count). The van der Waals surface area contributed by atoms with Crippen molar-refractivity contribution in [1.29, 1.82) is 5.26 Å². The third kappa shape index (κ3) is 7.03. The topological polar surface area (TPSA) is 61.2 Å². The second-order valence-electron chi connectivity index (χ2n) is 12.8. The third-order valence-electron chi connectivity index (χ3n) is 9.12. The summed E-state index contributed by atoms with van der Waals surface area (Å²) in [5.74, 6) is 0.181.